The van der Waals surface area contributed by atoms with E-state index in [9.17, 15) is 13.2 Å². The average Bonchev–Trinajstić information content (AvgIpc) is 2.59. The van der Waals surface area contributed by atoms with E-state index in [1.807, 2.05) is 36.4 Å². The number of carbonyl (C=O) groups is 1. The number of nitrogens with one attached hydrogen (secondary N) is 2. The lowest BCUT2D eigenvalue weighted by Gasteiger charge is -2.40. The highest BCUT2D eigenvalue weighted by Crippen LogP contribution is 2.44. The van der Waals surface area contributed by atoms with Crippen LogP contribution in [0, 0.1) is 0 Å². The van der Waals surface area contributed by atoms with Crippen molar-refractivity contribution in [1.29, 1.82) is 0 Å². The summed E-state index contributed by atoms with van der Waals surface area (Å²) in [7, 11) is -3.35. The predicted molar refractivity (Wildman–Crippen MR) is 116 cm³/mol. The fourth-order valence-electron chi connectivity index (χ4n) is 3.69. The Bertz CT molecular complexity index is 968. The first kappa shape index (κ1) is 21.8. The van der Waals surface area contributed by atoms with Crippen LogP contribution in [0.3, 0.4) is 0 Å². The van der Waals surface area contributed by atoms with Gasteiger partial charge in [-0.2, -0.15) is 0 Å². The molecule has 0 unspecified atom stereocenters. The summed E-state index contributed by atoms with van der Waals surface area (Å²) in [5.41, 5.74) is 2.10. The van der Waals surface area contributed by atoms with E-state index in [-0.39, 0.29) is 17.7 Å². The molecule has 0 spiro atoms. The van der Waals surface area contributed by atoms with Crippen LogP contribution in [-0.4, -0.2) is 20.4 Å². The first-order chi connectivity index (χ1) is 13.7. The highest BCUT2D eigenvalue weighted by atomic mass is 35.5. The molecular formula is C22H27ClN2O3S. The lowest BCUT2D eigenvalue weighted by Crippen LogP contribution is -2.49. The van der Waals surface area contributed by atoms with Crippen molar-refractivity contribution in [2.45, 2.75) is 56.9 Å². The number of hydrogen-bond acceptors (Lipinski definition) is 3. The van der Waals surface area contributed by atoms with Gasteiger partial charge in [0.1, 0.15) is 0 Å². The fraction of sp³-hybridized carbons (Fsp3) is 0.409. The van der Waals surface area contributed by atoms with E-state index in [0.29, 0.717) is 17.1 Å². The molecule has 5 nitrogen and oxygen atoms in total. The summed E-state index contributed by atoms with van der Waals surface area (Å²) in [6.07, 6.45) is 2.66. The third kappa shape index (κ3) is 5.38. The van der Waals surface area contributed by atoms with Gasteiger partial charge in [-0.1, -0.05) is 54.4 Å². The number of sulfonamides is 1. The third-order valence-corrected chi connectivity index (χ3v) is 7.05. The molecule has 0 saturated heterocycles. The van der Waals surface area contributed by atoms with Gasteiger partial charge in [0.25, 0.3) is 0 Å². The second kappa shape index (κ2) is 8.86. The van der Waals surface area contributed by atoms with Gasteiger partial charge in [0.05, 0.1) is 11.2 Å². The molecule has 0 atom stereocenters. The van der Waals surface area contributed by atoms with E-state index in [0.717, 1.165) is 30.4 Å². The van der Waals surface area contributed by atoms with E-state index in [4.69, 9.17) is 11.6 Å². The molecule has 29 heavy (non-hydrogen) atoms. The topological polar surface area (TPSA) is 75.3 Å². The lowest BCUT2D eigenvalue weighted by molar-refractivity contribution is -0.130. The van der Waals surface area contributed by atoms with Crippen LogP contribution < -0.4 is 10.0 Å². The fourth-order valence-corrected chi connectivity index (χ4v) is 5.31. The number of benzene rings is 2. The van der Waals surface area contributed by atoms with Gasteiger partial charge in [-0.05, 0) is 55.5 Å². The predicted octanol–water partition coefficient (Wildman–Crippen LogP) is 3.91. The van der Waals surface area contributed by atoms with Crippen LogP contribution in [0.4, 0.5) is 0 Å². The molecule has 1 amide bonds. The second-order valence-electron chi connectivity index (χ2n) is 7.98. The van der Waals surface area contributed by atoms with Crippen molar-refractivity contribution < 1.29 is 13.2 Å². The molecule has 1 aliphatic rings. The minimum atomic E-state index is -3.35. The normalized spacial score (nSPS) is 15.7. The van der Waals surface area contributed by atoms with E-state index >= 15 is 0 Å². The third-order valence-electron chi connectivity index (χ3n) is 5.27. The molecule has 0 aliphatic heterocycles. The first-order valence-electron chi connectivity index (χ1n) is 9.82. The highest BCUT2D eigenvalue weighted by molar-refractivity contribution is 7.88. The Labute approximate surface area is 177 Å². The van der Waals surface area contributed by atoms with Crippen molar-refractivity contribution in [2.24, 2.45) is 0 Å². The Morgan fingerprint density at radius 1 is 1.10 bits per heavy atom. The van der Waals surface area contributed by atoms with Crippen molar-refractivity contribution in [3.05, 3.63) is 70.2 Å². The van der Waals surface area contributed by atoms with Gasteiger partial charge < -0.3 is 5.32 Å². The van der Waals surface area contributed by atoms with Gasteiger partial charge in [0.15, 0.2) is 0 Å². The van der Waals surface area contributed by atoms with Crippen molar-refractivity contribution in [3.63, 3.8) is 0 Å². The molecule has 7 heteroatoms. The summed E-state index contributed by atoms with van der Waals surface area (Å²) >= 11 is 6.12. The average molecular weight is 435 g/mol. The standard InChI is InChI=1S/C22H27ClN2O3S/c1-16(2)25-29(27,28)15-18-9-7-17(8-10-18)14-24-21(26)22(11-4-12-22)19-5-3-6-20(23)13-19/h3,5-10,13,16,25H,4,11-12,14-15H2,1-2H3,(H,24,26). The van der Waals surface area contributed by atoms with Crippen LogP contribution >= 0.6 is 11.6 Å². The zero-order valence-corrected chi connectivity index (χ0v) is 18.3. The molecule has 0 heterocycles. The number of carbonyl (C=O) groups excluding carboxylic acids is 1. The Balaban J connectivity index is 1.62. The van der Waals surface area contributed by atoms with Crippen molar-refractivity contribution in [1.82, 2.24) is 10.0 Å². The maximum Gasteiger partial charge on any atom is 0.230 e. The zero-order chi connectivity index (χ0) is 21.1. The first-order valence-corrected chi connectivity index (χ1v) is 11.9. The molecule has 2 N–H and O–H groups in total. The zero-order valence-electron chi connectivity index (χ0n) is 16.7. The molecule has 0 radical (unpaired) electrons. The minimum absolute atomic E-state index is 0.0128. The van der Waals surface area contributed by atoms with Crippen molar-refractivity contribution >= 4 is 27.5 Å². The molecule has 2 aromatic carbocycles. The molecule has 1 fully saturated rings. The van der Waals surface area contributed by atoms with Crippen LogP contribution in [0.25, 0.3) is 0 Å². The largest absolute Gasteiger partial charge is 0.351 e. The number of halogens is 1. The van der Waals surface area contributed by atoms with Gasteiger partial charge in [0.2, 0.25) is 15.9 Å². The monoisotopic (exact) mass is 434 g/mol. The summed E-state index contributed by atoms with van der Waals surface area (Å²) in [6, 6.07) is 14.7. The van der Waals surface area contributed by atoms with Crippen LogP contribution in [-0.2, 0) is 32.5 Å². The Morgan fingerprint density at radius 3 is 2.31 bits per heavy atom. The summed E-state index contributed by atoms with van der Waals surface area (Å²) < 4.78 is 26.7. The lowest BCUT2D eigenvalue weighted by atomic mass is 9.64. The maximum atomic E-state index is 12.9. The molecule has 1 aliphatic carbocycles. The molecule has 3 rings (SSSR count). The number of hydrogen-bond donors (Lipinski definition) is 2. The van der Waals surface area contributed by atoms with E-state index in [2.05, 4.69) is 10.0 Å². The quantitative estimate of drug-likeness (QED) is 0.661. The van der Waals surface area contributed by atoms with Crippen LogP contribution in [0.2, 0.25) is 5.02 Å². The summed E-state index contributed by atoms with van der Waals surface area (Å²) in [6.45, 7) is 3.99. The Hall–Kier alpha value is -1.89. The van der Waals surface area contributed by atoms with E-state index in [1.165, 1.54) is 0 Å². The maximum absolute atomic E-state index is 12.9. The van der Waals surface area contributed by atoms with Crippen LogP contribution in [0.5, 0.6) is 0 Å². The molecule has 2 aromatic rings. The van der Waals surface area contributed by atoms with E-state index < -0.39 is 15.4 Å². The van der Waals surface area contributed by atoms with Crippen LogP contribution in [0.1, 0.15) is 49.8 Å². The number of rotatable bonds is 8. The second-order valence-corrected chi connectivity index (χ2v) is 10.2. The van der Waals surface area contributed by atoms with Gasteiger partial charge in [-0.3, -0.25) is 4.79 Å². The highest BCUT2D eigenvalue weighted by Gasteiger charge is 2.45. The van der Waals surface area contributed by atoms with Gasteiger partial charge >= 0.3 is 0 Å². The van der Waals surface area contributed by atoms with Gasteiger partial charge in [0, 0.05) is 17.6 Å². The van der Waals surface area contributed by atoms with Crippen LogP contribution in [0.15, 0.2) is 48.5 Å². The molecule has 156 valence electrons. The smallest absolute Gasteiger partial charge is 0.230 e. The molecule has 0 aromatic heterocycles. The summed E-state index contributed by atoms with van der Waals surface area (Å²) in [5.74, 6) is -0.0470. The van der Waals surface area contributed by atoms with E-state index in [1.54, 1.807) is 26.0 Å². The van der Waals surface area contributed by atoms with Crippen molar-refractivity contribution in [3.8, 4) is 0 Å². The Morgan fingerprint density at radius 2 is 1.76 bits per heavy atom. The van der Waals surface area contributed by atoms with Crippen molar-refractivity contribution in [2.75, 3.05) is 0 Å². The molecular weight excluding hydrogens is 408 g/mol. The van der Waals surface area contributed by atoms with Gasteiger partial charge in [-0.15, -0.1) is 0 Å². The summed E-state index contributed by atoms with van der Waals surface area (Å²) in [4.78, 5) is 12.9. The SMILES string of the molecule is CC(C)NS(=O)(=O)Cc1ccc(CNC(=O)C2(c3cccc(Cl)c3)CCC2)cc1. The minimum Gasteiger partial charge on any atom is -0.351 e. The summed E-state index contributed by atoms with van der Waals surface area (Å²) in [5, 5.41) is 3.68. The molecule has 1 saturated carbocycles. The molecule has 0 bridgehead atoms. The van der Waals surface area contributed by atoms with Gasteiger partial charge in [-0.25, -0.2) is 13.1 Å². The Kier molecular flexibility index (Phi) is 6.66. The number of amides is 1.